The van der Waals surface area contributed by atoms with Gasteiger partial charge in [0.25, 0.3) is 0 Å². The van der Waals surface area contributed by atoms with E-state index in [1.165, 1.54) is 19.3 Å². The molecular weight excluding hydrogens is 200 g/mol. The van der Waals surface area contributed by atoms with Crippen LogP contribution in [-0.4, -0.2) is 30.4 Å². The fourth-order valence-corrected chi connectivity index (χ4v) is 2.58. The minimum atomic E-state index is 0.161. The van der Waals surface area contributed by atoms with Crippen molar-refractivity contribution in [2.24, 2.45) is 17.1 Å². The smallest absolute Gasteiger partial charge is 0.223 e. The molecule has 0 bridgehead atoms. The number of carbonyl (C=O) groups excluding carboxylic acids is 1. The molecule has 3 heteroatoms. The molecule has 2 aliphatic carbocycles. The van der Waals surface area contributed by atoms with Gasteiger partial charge in [-0.3, -0.25) is 4.79 Å². The highest BCUT2D eigenvalue weighted by atomic mass is 16.2. The minimum absolute atomic E-state index is 0.161. The van der Waals surface area contributed by atoms with Crippen molar-refractivity contribution in [1.29, 1.82) is 0 Å². The van der Waals surface area contributed by atoms with Crippen LogP contribution in [0.3, 0.4) is 0 Å². The van der Waals surface area contributed by atoms with E-state index >= 15 is 0 Å². The molecule has 16 heavy (non-hydrogen) atoms. The van der Waals surface area contributed by atoms with Gasteiger partial charge in [-0.2, -0.15) is 0 Å². The fraction of sp³-hybridized carbons (Fsp3) is 0.923. The molecular formula is C13H24N2O. The van der Waals surface area contributed by atoms with Crippen LogP contribution in [0.1, 0.15) is 45.4 Å². The lowest BCUT2D eigenvalue weighted by molar-refractivity contribution is -0.135. The van der Waals surface area contributed by atoms with Gasteiger partial charge in [-0.15, -0.1) is 0 Å². The number of rotatable bonds is 6. The molecule has 0 saturated heterocycles. The van der Waals surface area contributed by atoms with Gasteiger partial charge < -0.3 is 10.6 Å². The fourth-order valence-electron chi connectivity index (χ4n) is 2.58. The van der Waals surface area contributed by atoms with E-state index in [1.54, 1.807) is 0 Å². The van der Waals surface area contributed by atoms with E-state index in [1.807, 2.05) is 4.90 Å². The molecule has 2 N–H and O–H groups in total. The van der Waals surface area contributed by atoms with Gasteiger partial charge in [-0.1, -0.05) is 6.42 Å². The lowest BCUT2D eigenvalue weighted by Crippen LogP contribution is -2.43. The maximum Gasteiger partial charge on any atom is 0.223 e. The number of amides is 1. The number of nitrogens with two attached hydrogens (primary N) is 1. The van der Waals surface area contributed by atoms with Gasteiger partial charge in [0.05, 0.1) is 0 Å². The van der Waals surface area contributed by atoms with Crippen LogP contribution < -0.4 is 5.73 Å². The van der Waals surface area contributed by atoms with E-state index in [-0.39, 0.29) is 5.41 Å². The Balaban J connectivity index is 1.84. The van der Waals surface area contributed by atoms with Gasteiger partial charge in [0.1, 0.15) is 0 Å². The molecule has 0 spiro atoms. The van der Waals surface area contributed by atoms with E-state index in [2.05, 4.69) is 6.92 Å². The molecule has 0 aromatic carbocycles. The van der Waals surface area contributed by atoms with Crippen molar-refractivity contribution >= 4 is 5.91 Å². The summed E-state index contributed by atoms with van der Waals surface area (Å²) in [4.78, 5) is 14.2. The summed E-state index contributed by atoms with van der Waals surface area (Å²) in [6.45, 7) is 4.60. The topological polar surface area (TPSA) is 46.3 Å². The Morgan fingerprint density at radius 2 is 2.12 bits per heavy atom. The molecule has 0 aromatic rings. The normalized spacial score (nSPS) is 22.6. The first kappa shape index (κ1) is 11.9. The summed E-state index contributed by atoms with van der Waals surface area (Å²) in [5, 5.41) is 0. The highest BCUT2D eigenvalue weighted by molar-refractivity contribution is 5.77. The molecule has 0 aromatic heterocycles. The van der Waals surface area contributed by atoms with Crippen LogP contribution in [0.4, 0.5) is 0 Å². The second kappa shape index (κ2) is 4.74. The van der Waals surface area contributed by atoms with Gasteiger partial charge in [0, 0.05) is 19.5 Å². The molecule has 2 fully saturated rings. The number of hydrogen-bond acceptors (Lipinski definition) is 2. The lowest BCUT2D eigenvalue weighted by Gasteiger charge is -2.41. The Hall–Kier alpha value is -0.570. The molecule has 2 saturated carbocycles. The maximum atomic E-state index is 12.2. The van der Waals surface area contributed by atoms with Crippen LogP contribution in [0, 0.1) is 11.3 Å². The van der Waals surface area contributed by atoms with Crippen molar-refractivity contribution in [3.8, 4) is 0 Å². The molecule has 2 rings (SSSR count). The molecule has 0 unspecified atom stereocenters. The van der Waals surface area contributed by atoms with Crippen LogP contribution >= 0.6 is 0 Å². The van der Waals surface area contributed by atoms with E-state index in [0.717, 1.165) is 31.8 Å². The SMILES string of the molecule is CCN(CC1CC1)C(=O)CC1(CN)CCC1. The Morgan fingerprint density at radius 1 is 1.44 bits per heavy atom. The van der Waals surface area contributed by atoms with E-state index in [9.17, 15) is 4.79 Å². The van der Waals surface area contributed by atoms with E-state index in [4.69, 9.17) is 5.73 Å². The van der Waals surface area contributed by atoms with Crippen LogP contribution in [0.5, 0.6) is 0 Å². The van der Waals surface area contributed by atoms with E-state index in [0.29, 0.717) is 18.9 Å². The number of hydrogen-bond donors (Lipinski definition) is 1. The largest absolute Gasteiger partial charge is 0.343 e. The zero-order valence-corrected chi connectivity index (χ0v) is 10.4. The highest BCUT2D eigenvalue weighted by Crippen LogP contribution is 2.43. The van der Waals surface area contributed by atoms with Gasteiger partial charge in [0.15, 0.2) is 0 Å². The van der Waals surface area contributed by atoms with Gasteiger partial charge >= 0.3 is 0 Å². The minimum Gasteiger partial charge on any atom is -0.343 e. The second-order valence-electron chi connectivity index (χ2n) is 5.61. The number of carbonyl (C=O) groups is 1. The standard InChI is InChI=1S/C13H24N2O/c1-2-15(9-11-4-5-11)12(16)8-13(10-14)6-3-7-13/h11H,2-10,14H2,1H3. The molecule has 92 valence electrons. The Labute approximate surface area is 98.4 Å². The average molecular weight is 224 g/mol. The summed E-state index contributed by atoms with van der Waals surface area (Å²) in [5.41, 5.74) is 5.96. The summed E-state index contributed by atoms with van der Waals surface area (Å²) < 4.78 is 0. The predicted molar refractivity (Wildman–Crippen MR) is 64.9 cm³/mol. The Bertz CT molecular complexity index is 251. The van der Waals surface area contributed by atoms with Crippen molar-refractivity contribution in [3.05, 3.63) is 0 Å². The van der Waals surface area contributed by atoms with Crippen LogP contribution in [0.25, 0.3) is 0 Å². The van der Waals surface area contributed by atoms with Crippen LogP contribution in [0.15, 0.2) is 0 Å². The van der Waals surface area contributed by atoms with Gasteiger partial charge in [-0.05, 0) is 50.5 Å². The van der Waals surface area contributed by atoms with Crippen LogP contribution in [-0.2, 0) is 4.79 Å². The first-order valence-corrected chi connectivity index (χ1v) is 6.67. The Kier molecular flexibility index (Phi) is 3.53. The third kappa shape index (κ3) is 2.57. The molecule has 0 aliphatic heterocycles. The predicted octanol–water partition coefficient (Wildman–Crippen LogP) is 1.76. The highest BCUT2D eigenvalue weighted by Gasteiger charge is 2.39. The monoisotopic (exact) mass is 224 g/mol. The molecule has 2 aliphatic rings. The van der Waals surface area contributed by atoms with Crippen LogP contribution in [0.2, 0.25) is 0 Å². The maximum absolute atomic E-state index is 12.2. The molecule has 0 atom stereocenters. The van der Waals surface area contributed by atoms with Crippen molar-refractivity contribution in [3.63, 3.8) is 0 Å². The first-order chi connectivity index (χ1) is 7.69. The summed E-state index contributed by atoms with van der Waals surface area (Å²) in [5.74, 6) is 1.12. The molecule has 1 amide bonds. The third-order valence-corrected chi connectivity index (χ3v) is 4.28. The zero-order chi connectivity index (χ0) is 11.6. The zero-order valence-electron chi connectivity index (χ0n) is 10.4. The van der Waals surface area contributed by atoms with Gasteiger partial charge in [-0.25, -0.2) is 0 Å². The molecule has 0 heterocycles. The van der Waals surface area contributed by atoms with Crippen molar-refractivity contribution in [2.45, 2.75) is 45.4 Å². The average Bonchev–Trinajstić information content (AvgIpc) is 3.03. The lowest BCUT2D eigenvalue weighted by atomic mass is 9.66. The number of nitrogens with zero attached hydrogens (tertiary/aromatic N) is 1. The summed E-state index contributed by atoms with van der Waals surface area (Å²) in [6, 6.07) is 0. The van der Waals surface area contributed by atoms with Gasteiger partial charge in [0.2, 0.25) is 5.91 Å². The summed E-state index contributed by atoms with van der Waals surface area (Å²) in [7, 11) is 0. The summed E-state index contributed by atoms with van der Waals surface area (Å²) >= 11 is 0. The molecule has 3 nitrogen and oxygen atoms in total. The van der Waals surface area contributed by atoms with Crippen molar-refractivity contribution in [1.82, 2.24) is 4.90 Å². The van der Waals surface area contributed by atoms with E-state index < -0.39 is 0 Å². The first-order valence-electron chi connectivity index (χ1n) is 6.67. The van der Waals surface area contributed by atoms with Crippen molar-refractivity contribution in [2.75, 3.05) is 19.6 Å². The third-order valence-electron chi connectivity index (χ3n) is 4.28. The summed E-state index contributed by atoms with van der Waals surface area (Å²) in [6.07, 6.45) is 6.85. The second-order valence-corrected chi connectivity index (χ2v) is 5.61. The molecule has 0 radical (unpaired) electrons. The quantitative estimate of drug-likeness (QED) is 0.747. The van der Waals surface area contributed by atoms with Crippen molar-refractivity contribution < 1.29 is 4.79 Å². The Morgan fingerprint density at radius 3 is 2.50 bits per heavy atom.